The second-order valence-electron chi connectivity index (χ2n) is 5.96. The number of rotatable bonds is 4. The van der Waals surface area contributed by atoms with E-state index >= 15 is 0 Å². The van der Waals surface area contributed by atoms with Gasteiger partial charge in [0, 0.05) is 19.3 Å². The molecule has 2 rings (SSSR count). The molecule has 3 unspecified atom stereocenters. The first-order valence-electron chi connectivity index (χ1n) is 7.06. The van der Waals surface area contributed by atoms with E-state index in [1.807, 2.05) is 0 Å². The molecule has 0 aromatic rings. The van der Waals surface area contributed by atoms with Crippen LogP contribution in [0, 0.1) is 11.3 Å². The average Bonchev–Trinajstić information content (AvgIpc) is 2.71. The zero-order valence-electron chi connectivity index (χ0n) is 10.9. The summed E-state index contributed by atoms with van der Waals surface area (Å²) in [7, 11) is 0. The third-order valence-electron chi connectivity index (χ3n) is 4.61. The van der Waals surface area contributed by atoms with Gasteiger partial charge in [-0.15, -0.1) is 0 Å². The molecule has 1 saturated carbocycles. The zero-order chi connectivity index (χ0) is 11.4. The van der Waals surface area contributed by atoms with Crippen LogP contribution in [0.4, 0.5) is 0 Å². The van der Waals surface area contributed by atoms with Crippen molar-refractivity contribution in [1.29, 1.82) is 0 Å². The molecule has 16 heavy (non-hydrogen) atoms. The molecule has 94 valence electrons. The van der Waals surface area contributed by atoms with Gasteiger partial charge in [-0.3, -0.25) is 0 Å². The Morgan fingerprint density at radius 2 is 2.25 bits per heavy atom. The second-order valence-corrected chi connectivity index (χ2v) is 5.96. The maximum Gasteiger partial charge on any atom is 0.0499 e. The Kier molecular flexibility index (Phi) is 4.26. The highest BCUT2D eigenvalue weighted by atomic mass is 16.5. The fourth-order valence-electron chi connectivity index (χ4n) is 3.45. The summed E-state index contributed by atoms with van der Waals surface area (Å²) in [5.74, 6) is 0.815. The predicted octanol–water partition coefficient (Wildman–Crippen LogP) is 2.97. The fraction of sp³-hybridized carbons (Fsp3) is 1.00. The van der Waals surface area contributed by atoms with Crippen LogP contribution in [0.5, 0.6) is 0 Å². The van der Waals surface area contributed by atoms with E-state index in [-0.39, 0.29) is 0 Å². The molecule has 1 N–H and O–H groups in total. The minimum Gasteiger partial charge on any atom is -0.381 e. The third-order valence-corrected chi connectivity index (χ3v) is 4.61. The lowest BCUT2D eigenvalue weighted by Crippen LogP contribution is -2.34. The lowest BCUT2D eigenvalue weighted by molar-refractivity contribution is -0.00126. The lowest BCUT2D eigenvalue weighted by atomic mass is 9.73. The van der Waals surface area contributed by atoms with E-state index in [1.165, 1.54) is 45.1 Å². The normalized spacial score (nSPS) is 40.1. The maximum atomic E-state index is 5.66. The van der Waals surface area contributed by atoms with Crippen molar-refractivity contribution in [3.63, 3.8) is 0 Å². The molecule has 1 saturated heterocycles. The molecule has 2 fully saturated rings. The van der Waals surface area contributed by atoms with Gasteiger partial charge in [-0.05, 0) is 56.4 Å². The Morgan fingerprint density at radius 3 is 2.94 bits per heavy atom. The first-order valence-corrected chi connectivity index (χ1v) is 7.06. The van der Waals surface area contributed by atoms with Crippen molar-refractivity contribution in [3.8, 4) is 0 Å². The predicted molar refractivity (Wildman–Crippen MR) is 67.6 cm³/mol. The Hall–Kier alpha value is -0.0800. The summed E-state index contributed by atoms with van der Waals surface area (Å²) >= 11 is 0. The van der Waals surface area contributed by atoms with Gasteiger partial charge in [-0.2, -0.15) is 0 Å². The molecule has 0 radical (unpaired) electrons. The number of ether oxygens (including phenoxy) is 1. The van der Waals surface area contributed by atoms with E-state index < -0.39 is 0 Å². The zero-order valence-corrected chi connectivity index (χ0v) is 10.9. The quantitative estimate of drug-likeness (QED) is 0.794. The topological polar surface area (TPSA) is 21.3 Å². The summed E-state index contributed by atoms with van der Waals surface area (Å²) in [6, 6.07) is 0.770. The lowest BCUT2D eigenvalue weighted by Gasteiger charge is -2.37. The van der Waals surface area contributed by atoms with Crippen LogP contribution in [0.1, 0.15) is 52.4 Å². The van der Waals surface area contributed by atoms with Crippen molar-refractivity contribution in [2.24, 2.45) is 11.3 Å². The van der Waals surface area contributed by atoms with Gasteiger partial charge < -0.3 is 10.1 Å². The molecule has 2 aliphatic rings. The van der Waals surface area contributed by atoms with E-state index in [1.54, 1.807) is 0 Å². The Morgan fingerprint density at radius 1 is 1.38 bits per heavy atom. The molecule has 0 aromatic heterocycles. The molecule has 0 bridgehead atoms. The molecular weight excluding hydrogens is 198 g/mol. The van der Waals surface area contributed by atoms with E-state index in [4.69, 9.17) is 4.74 Å². The third kappa shape index (κ3) is 2.78. The highest BCUT2D eigenvalue weighted by Crippen LogP contribution is 2.46. The monoisotopic (exact) mass is 225 g/mol. The van der Waals surface area contributed by atoms with E-state index in [0.717, 1.165) is 25.2 Å². The molecule has 0 spiro atoms. The highest BCUT2D eigenvalue weighted by molar-refractivity contribution is 4.94. The van der Waals surface area contributed by atoms with Gasteiger partial charge in [0.05, 0.1) is 0 Å². The van der Waals surface area contributed by atoms with Gasteiger partial charge in [-0.1, -0.05) is 13.8 Å². The van der Waals surface area contributed by atoms with Crippen LogP contribution in [0.3, 0.4) is 0 Å². The second kappa shape index (κ2) is 5.50. The van der Waals surface area contributed by atoms with Crippen LogP contribution in [-0.4, -0.2) is 25.8 Å². The van der Waals surface area contributed by atoms with E-state index in [2.05, 4.69) is 19.2 Å². The Bertz CT molecular complexity index is 213. The molecule has 0 amide bonds. The van der Waals surface area contributed by atoms with Crippen molar-refractivity contribution < 1.29 is 4.74 Å². The van der Waals surface area contributed by atoms with E-state index in [0.29, 0.717) is 5.41 Å². The molecular formula is C14H27NO. The highest BCUT2D eigenvalue weighted by Gasteiger charge is 2.41. The number of nitrogens with one attached hydrogen (secondary N) is 1. The van der Waals surface area contributed by atoms with Crippen LogP contribution in [0.2, 0.25) is 0 Å². The van der Waals surface area contributed by atoms with Crippen molar-refractivity contribution in [2.75, 3.05) is 19.8 Å². The minimum atomic E-state index is 0.547. The largest absolute Gasteiger partial charge is 0.381 e. The molecule has 1 aliphatic heterocycles. The first-order chi connectivity index (χ1) is 7.74. The maximum absolute atomic E-state index is 5.66. The van der Waals surface area contributed by atoms with Crippen LogP contribution in [-0.2, 0) is 4.74 Å². The van der Waals surface area contributed by atoms with Gasteiger partial charge in [-0.25, -0.2) is 0 Å². The molecule has 2 nitrogen and oxygen atoms in total. The van der Waals surface area contributed by atoms with Gasteiger partial charge in [0.2, 0.25) is 0 Å². The summed E-state index contributed by atoms with van der Waals surface area (Å²) in [6.07, 6.45) is 8.03. The molecule has 1 heterocycles. The van der Waals surface area contributed by atoms with Gasteiger partial charge in [0.15, 0.2) is 0 Å². The molecule has 0 aromatic carbocycles. The van der Waals surface area contributed by atoms with Crippen molar-refractivity contribution in [2.45, 2.75) is 58.4 Å². The van der Waals surface area contributed by atoms with Crippen LogP contribution < -0.4 is 5.32 Å². The van der Waals surface area contributed by atoms with Gasteiger partial charge >= 0.3 is 0 Å². The molecule has 2 heteroatoms. The van der Waals surface area contributed by atoms with Gasteiger partial charge in [0.25, 0.3) is 0 Å². The van der Waals surface area contributed by atoms with Crippen molar-refractivity contribution >= 4 is 0 Å². The fourth-order valence-corrected chi connectivity index (χ4v) is 3.45. The van der Waals surface area contributed by atoms with Crippen LogP contribution >= 0.6 is 0 Å². The summed E-state index contributed by atoms with van der Waals surface area (Å²) in [5.41, 5.74) is 0.547. The summed E-state index contributed by atoms with van der Waals surface area (Å²) in [4.78, 5) is 0. The van der Waals surface area contributed by atoms with Crippen LogP contribution in [0.15, 0.2) is 0 Å². The standard InChI is InChI=1S/C14H27NO/c1-3-8-15-13-6-7-14(2,10-13)12-5-4-9-16-11-12/h12-13,15H,3-11H2,1-2H3. The first kappa shape index (κ1) is 12.4. The van der Waals surface area contributed by atoms with Gasteiger partial charge in [0.1, 0.15) is 0 Å². The average molecular weight is 225 g/mol. The SMILES string of the molecule is CCCNC1CCC(C)(C2CCCOC2)C1. The molecule has 1 aliphatic carbocycles. The van der Waals surface area contributed by atoms with Crippen molar-refractivity contribution in [1.82, 2.24) is 5.32 Å². The van der Waals surface area contributed by atoms with Crippen molar-refractivity contribution in [3.05, 3.63) is 0 Å². The number of hydrogen-bond acceptors (Lipinski definition) is 2. The molecule has 3 atom stereocenters. The minimum absolute atomic E-state index is 0.547. The number of hydrogen-bond donors (Lipinski definition) is 1. The smallest absolute Gasteiger partial charge is 0.0499 e. The summed E-state index contributed by atoms with van der Waals surface area (Å²) in [6.45, 7) is 7.92. The Labute approximate surface area is 100 Å². The summed E-state index contributed by atoms with van der Waals surface area (Å²) < 4.78 is 5.66. The van der Waals surface area contributed by atoms with Crippen LogP contribution in [0.25, 0.3) is 0 Å². The Balaban J connectivity index is 1.84. The van der Waals surface area contributed by atoms with E-state index in [9.17, 15) is 0 Å². The summed E-state index contributed by atoms with van der Waals surface area (Å²) in [5, 5.41) is 3.68.